The monoisotopic (exact) mass is 1050 g/mol. The minimum Gasteiger partial charge on any atom is -0.0623 e. The fourth-order valence-corrected chi connectivity index (χ4v) is 8.70. The van der Waals surface area contributed by atoms with Crippen LogP contribution in [0.4, 0.5) is 0 Å². The van der Waals surface area contributed by atoms with Crippen LogP contribution in [0.1, 0.15) is 0 Å². The predicted octanol–water partition coefficient (Wildman–Crippen LogP) is 23.3. The van der Waals surface area contributed by atoms with E-state index in [9.17, 15) is 0 Å². The lowest BCUT2D eigenvalue weighted by molar-refractivity contribution is 1.72. The van der Waals surface area contributed by atoms with Gasteiger partial charge in [0.05, 0.1) is 0 Å². The molecule has 16 aromatic rings. The average Bonchev–Trinajstić information content (AvgIpc) is 3.60. The van der Waals surface area contributed by atoms with Crippen molar-refractivity contribution in [1.29, 1.82) is 0 Å². The van der Waals surface area contributed by atoms with Crippen molar-refractivity contribution in [2.24, 2.45) is 0 Å². The lowest BCUT2D eigenvalue weighted by Gasteiger charge is -1.92. The fourth-order valence-electron chi connectivity index (χ4n) is 8.70. The number of fused-ring (bicyclic) bond motifs is 7. The highest BCUT2D eigenvalue weighted by molar-refractivity contribution is 5.86. The van der Waals surface area contributed by atoms with Gasteiger partial charge in [0.1, 0.15) is 0 Å². The van der Waals surface area contributed by atoms with E-state index < -0.39 is 0 Å². The zero-order valence-electron chi connectivity index (χ0n) is 46.3. The number of rotatable bonds is 0. The topological polar surface area (TPSA) is 0 Å². The minimum absolute atomic E-state index is 1.31. The molecular weight excluding hydrogens is 985 g/mol. The van der Waals surface area contributed by atoms with Gasteiger partial charge < -0.3 is 0 Å². The summed E-state index contributed by atoms with van der Waals surface area (Å²) in [4.78, 5) is 0. The second kappa shape index (κ2) is 34.3. The molecule has 0 fully saturated rings. The molecule has 0 aliphatic carbocycles. The Labute approximate surface area is 485 Å². The van der Waals surface area contributed by atoms with Gasteiger partial charge in [0.15, 0.2) is 0 Å². The highest BCUT2D eigenvalue weighted by Gasteiger charge is 1.90. The first-order valence-corrected chi connectivity index (χ1v) is 27.8. The highest BCUT2D eigenvalue weighted by Crippen LogP contribution is 2.16. The van der Waals surface area contributed by atoms with Crippen LogP contribution in [0.25, 0.3) is 75.4 Å². The molecule has 0 saturated carbocycles. The van der Waals surface area contributed by atoms with Gasteiger partial charge in [-0.25, -0.2) is 0 Å². The third-order valence-corrected chi connectivity index (χ3v) is 12.9. The lowest BCUT2D eigenvalue weighted by Crippen LogP contribution is -1.67. The fraction of sp³-hybridized carbons (Fsp3) is 0. The van der Waals surface area contributed by atoms with E-state index in [4.69, 9.17) is 0 Å². The molecule has 16 aromatic carbocycles. The maximum Gasteiger partial charge on any atom is -0.0184 e. The summed E-state index contributed by atoms with van der Waals surface area (Å²) in [5, 5.41) is 18.3. The van der Waals surface area contributed by atoms with Crippen LogP contribution in [0.3, 0.4) is 0 Å². The average molecular weight is 1050 g/mol. The van der Waals surface area contributed by atoms with E-state index in [-0.39, 0.29) is 0 Å². The summed E-state index contributed by atoms with van der Waals surface area (Å²) in [7, 11) is 0. The maximum absolute atomic E-state index is 2.12. The molecule has 0 unspecified atom stereocenters. The van der Waals surface area contributed by atoms with Gasteiger partial charge >= 0.3 is 0 Å². The number of hydrogen-bond acceptors (Lipinski definition) is 0. The van der Waals surface area contributed by atoms with Crippen LogP contribution in [0.2, 0.25) is 0 Å². The third-order valence-electron chi connectivity index (χ3n) is 12.9. The van der Waals surface area contributed by atoms with Gasteiger partial charge in [-0.1, -0.05) is 413 Å². The summed E-state index contributed by atoms with van der Waals surface area (Å²) in [6.45, 7) is 0. The summed E-state index contributed by atoms with van der Waals surface area (Å²) < 4.78 is 0. The molecule has 0 aromatic heterocycles. The summed E-state index contributed by atoms with van der Waals surface area (Å²) in [6, 6.07) is 141. The standard InChI is InChI=1S/7C10H8.2C6H6/c7*1-2-6-10-8-4-3-7-9(10)5-1;2*1-2-4-6-5-3-1/h7*1-8H;2*1-6H. The molecule has 0 amide bonds. The summed E-state index contributed by atoms with van der Waals surface area (Å²) in [6.07, 6.45) is 0. The normalized spacial score (nSPS) is 9.71. The minimum atomic E-state index is 1.31. The smallest absolute Gasteiger partial charge is 0.0184 e. The van der Waals surface area contributed by atoms with Crippen LogP contribution in [0, 0.1) is 0 Å². The maximum atomic E-state index is 2.12. The van der Waals surface area contributed by atoms with E-state index in [2.05, 4.69) is 340 Å². The van der Waals surface area contributed by atoms with Crippen LogP contribution in [0.5, 0.6) is 0 Å². The summed E-state index contributed by atoms with van der Waals surface area (Å²) in [5.74, 6) is 0. The van der Waals surface area contributed by atoms with E-state index >= 15 is 0 Å². The Kier molecular flexibility index (Phi) is 24.0. The Morgan fingerprint density at radius 3 is 0.159 bits per heavy atom. The molecule has 0 bridgehead atoms. The second-order valence-electron chi connectivity index (χ2n) is 18.7. The van der Waals surface area contributed by atoms with Crippen LogP contribution in [-0.2, 0) is 0 Å². The van der Waals surface area contributed by atoms with Crippen molar-refractivity contribution in [3.63, 3.8) is 0 Å². The first kappa shape index (κ1) is 57.5. The Bertz CT molecular complexity index is 3060. The quantitative estimate of drug-likeness (QED) is 0.142. The van der Waals surface area contributed by atoms with Crippen molar-refractivity contribution in [2.75, 3.05) is 0 Å². The van der Waals surface area contributed by atoms with Crippen molar-refractivity contribution in [3.05, 3.63) is 413 Å². The number of benzene rings is 16. The SMILES string of the molecule is c1ccc2ccccc2c1.c1ccc2ccccc2c1.c1ccc2ccccc2c1.c1ccc2ccccc2c1.c1ccc2ccccc2c1.c1ccc2ccccc2c1.c1ccc2ccccc2c1.c1ccccc1.c1ccccc1. The van der Waals surface area contributed by atoms with E-state index in [0.717, 1.165) is 0 Å². The summed E-state index contributed by atoms with van der Waals surface area (Å²) >= 11 is 0. The Balaban J connectivity index is 0.000000121. The molecule has 0 heteroatoms. The lowest BCUT2D eigenvalue weighted by atomic mass is 10.1. The van der Waals surface area contributed by atoms with Gasteiger partial charge in [-0.05, 0) is 75.4 Å². The molecule has 0 nitrogen and oxygen atoms in total. The molecule has 396 valence electrons. The van der Waals surface area contributed by atoms with Crippen LogP contribution in [-0.4, -0.2) is 0 Å². The van der Waals surface area contributed by atoms with Gasteiger partial charge in [0, 0.05) is 0 Å². The zero-order chi connectivity index (χ0) is 56.2. The van der Waals surface area contributed by atoms with Gasteiger partial charge in [-0.3, -0.25) is 0 Å². The van der Waals surface area contributed by atoms with E-state index in [1.165, 1.54) is 75.4 Å². The van der Waals surface area contributed by atoms with Crippen LogP contribution in [0.15, 0.2) is 413 Å². The van der Waals surface area contributed by atoms with E-state index in [0.29, 0.717) is 0 Å². The van der Waals surface area contributed by atoms with Crippen molar-refractivity contribution in [3.8, 4) is 0 Å². The summed E-state index contributed by atoms with van der Waals surface area (Å²) in [5.41, 5.74) is 0. The number of hydrogen-bond donors (Lipinski definition) is 0. The molecular formula is C82H68. The second-order valence-corrected chi connectivity index (χ2v) is 18.7. The molecule has 0 aliphatic heterocycles. The molecule has 0 atom stereocenters. The largest absolute Gasteiger partial charge is 0.0623 e. The Morgan fingerprint density at radius 1 is 0.0610 bits per heavy atom. The molecule has 0 saturated heterocycles. The highest BCUT2D eigenvalue weighted by atomic mass is 14.0. The van der Waals surface area contributed by atoms with Gasteiger partial charge in [-0.15, -0.1) is 0 Å². The van der Waals surface area contributed by atoms with Crippen LogP contribution >= 0.6 is 0 Å². The zero-order valence-corrected chi connectivity index (χ0v) is 46.3. The Hall–Kier alpha value is -10.7. The molecule has 0 radical (unpaired) electrons. The van der Waals surface area contributed by atoms with Crippen molar-refractivity contribution >= 4 is 75.4 Å². The molecule has 16 rings (SSSR count). The molecule has 0 aliphatic rings. The van der Waals surface area contributed by atoms with Crippen LogP contribution < -0.4 is 0 Å². The van der Waals surface area contributed by atoms with Crippen molar-refractivity contribution < 1.29 is 0 Å². The van der Waals surface area contributed by atoms with Crippen molar-refractivity contribution in [2.45, 2.75) is 0 Å². The van der Waals surface area contributed by atoms with Crippen molar-refractivity contribution in [1.82, 2.24) is 0 Å². The van der Waals surface area contributed by atoms with Gasteiger partial charge in [-0.2, -0.15) is 0 Å². The first-order valence-electron chi connectivity index (χ1n) is 27.8. The molecule has 0 spiro atoms. The molecule has 0 N–H and O–H groups in total. The Morgan fingerprint density at radius 2 is 0.110 bits per heavy atom. The predicted molar refractivity (Wildman–Crippen MR) is 361 cm³/mol. The van der Waals surface area contributed by atoms with Gasteiger partial charge in [0.2, 0.25) is 0 Å². The van der Waals surface area contributed by atoms with Gasteiger partial charge in [0.25, 0.3) is 0 Å². The molecule has 82 heavy (non-hydrogen) atoms. The van der Waals surface area contributed by atoms with E-state index in [1.807, 2.05) is 72.8 Å². The molecule has 0 heterocycles. The third kappa shape index (κ3) is 20.0. The van der Waals surface area contributed by atoms with E-state index in [1.54, 1.807) is 0 Å². The first-order chi connectivity index (χ1) is 40.8.